The summed E-state index contributed by atoms with van der Waals surface area (Å²) in [6.45, 7) is 3.80. The van der Waals surface area contributed by atoms with Crippen LogP contribution >= 0.6 is 0 Å². The van der Waals surface area contributed by atoms with Crippen molar-refractivity contribution in [3.8, 4) is 17.6 Å². The van der Waals surface area contributed by atoms with E-state index in [1.807, 2.05) is 6.92 Å². The molecule has 0 fully saturated rings. The number of aliphatic hydroxyl groups is 1. The molecule has 2 heterocycles. The summed E-state index contributed by atoms with van der Waals surface area (Å²) in [4.78, 5) is 29.4. The predicted octanol–water partition coefficient (Wildman–Crippen LogP) is 1.63. The van der Waals surface area contributed by atoms with E-state index < -0.39 is 16.9 Å². The lowest BCUT2D eigenvalue weighted by atomic mass is 9.95. The SMILES string of the molecule is CCn1c(N)c(C(=O)NC)c(=O)c2ccc(C#CC(C)(O)c3ccccc3OC)nc21. The number of methoxy groups -OCH3 is 1. The lowest BCUT2D eigenvalue weighted by Gasteiger charge is -2.19. The first-order valence-electron chi connectivity index (χ1n) is 9.69. The largest absolute Gasteiger partial charge is 0.496 e. The van der Waals surface area contributed by atoms with Gasteiger partial charge in [0.25, 0.3) is 5.91 Å². The third-order valence-corrected chi connectivity index (χ3v) is 4.99. The second-order valence-electron chi connectivity index (χ2n) is 7.00. The number of benzene rings is 1. The molecule has 0 aliphatic carbocycles. The van der Waals surface area contributed by atoms with E-state index in [4.69, 9.17) is 10.5 Å². The molecule has 3 rings (SSSR count). The molecular formula is C23H24N4O4. The fourth-order valence-corrected chi connectivity index (χ4v) is 3.37. The Kier molecular flexibility index (Phi) is 5.99. The first-order valence-corrected chi connectivity index (χ1v) is 9.69. The van der Waals surface area contributed by atoms with Crippen molar-refractivity contribution in [1.82, 2.24) is 14.9 Å². The zero-order valence-electron chi connectivity index (χ0n) is 17.8. The first kappa shape index (κ1) is 21.9. The van der Waals surface area contributed by atoms with Gasteiger partial charge in [-0.15, -0.1) is 0 Å². The highest BCUT2D eigenvalue weighted by Gasteiger charge is 2.24. The number of nitrogens with one attached hydrogen (secondary N) is 1. The van der Waals surface area contributed by atoms with E-state index in [2.05, 4.69) is 22.1 Å². The van der Waals surface area contributed by atoms with Gasteiger partial charge in [0.15, 0.2) is 5.60 Å². The van der Waals surface area contributed by atoms with Crippen molar-refractivity contribution >= 4 is 22.8 Å². The van der Waals surface area contributed by atoms with Gasteiger partial charge in [-0.3, -0.25) is 9.59 Å². The Bertz CT molecular complexity index is 1280. The number of nitrogens with two attached hydrogens (primary N) is 1. The molecule has 8 heteroatoms. The second-order valence-corrected chi connectivity index (χ2v) is 7.00. The quantitative estimate of drug-likeness (QED) is 0.552. The minimum Gasteiger partial charge on any atom is -0.496 e. The molecule has 0 aliphatic rings. The fourth-order valence-electron chi connectivity index (χ4n) is 3.37. The zero-order chi connectivity index (χ0) is 22.8. The molecule has 31 heavy (non-hydrogen) atoms. The molecule has 4 N–H and O–H groups in total. The molecule has 8 nitrogen and oxygen atoms in total. The minimum absolute atomic E-state index is 0.0398. The molecule has 2 aromatic heterocycles. The lowest BCUT2D eigenvalue weighted by Crippen LogP contribution is -2.30. The summed E-state index contributed by atoms with van der Waals surface area (Å²) >= 11 is 0. The molecule has 160 valence electrons. The summed E-state index contributed by atoms with van der Waals surface area (Å²) < 4.78 is 6.90. The topological polar surface area (TPSA) is 119 Å². The van der Waals surface area contributed by atoms with Crippen LogP contribution in [0.25, 0.3) is 11.0 Å². The average Bonchev–Trinajstić information content (AvgIpc) is 2.77. The highest BCUT2D eigenvalue weighted by molar-refractivity contribution is 6.01. The number of amides is 1. The Morgan fingerprint density at radius 1 is 1.32 bits per heavy atom. The first-order chi connectivity index (χ1) is 14.7. The van der Waals surface area contributed by atoms with Crippen LogP contribution in [0.2, 0.25) is 0 Å². The van der Waals surface area contributed by atoms with Gasteiger partial charge in [-0.25, -0.2) is 4.98 Å². The summed E-state index contributed by atoms with van der Waals surface area (Å²) in [6, 6.07) is 10.2. The highest BCUT2D eigenvalue weighted by Crippen LogP contribution is 2.29. The Balaban J connectivity index is 2.15. The number of pyridine rings is 2. The van der Waals surface area contributed by atoms with Gasteiger partial charge in [-0.2, -0.15) is 0 Å². The maximum Gasteiger partial charge on any atom is 0.258 e. The number of anilines is 1. The smallest absolute Gasteiger partial charge is 0.258 e. The van der Waals surface area contributed by atoms with E-state index in [1.165, 1.54) is 14.2 Å². The number of nitrogens with zero attached hydrogens (tertiary/aromatic N) is 2. The number of para-hydroxylation sites is 1. The molecule has 0 aliphatic heterocycles. The Hall–Kier alpha value is -3.83. The number of hydrogen-bond donors (Lipinski definition) is 3. The van der Waals surface area contributed by atoms with Gasteiger partial charge >= 0.3 is 0 Å². The normalized spacial score (nSPS) is 12.5. The average molecular weight is 420 g/mol. The Morgan fingerprint density at radius 3 is 2.68 bits per heavy atom. The van der Waals surface area contributed by atoms with Crippen LogP contribution in [0.3, 0.4) is 0 Å². The van der Waals surface area contributed by atoms with Crippen LogP contribution in [-0.4, -0.2) is 34.7 Å². The van der Waals surface area contributed by atoms with E-state index in [0.717, 1.165) is 0 Å². The maximum absolute atomic E-state index is 12.8. The summed E-state index contributed by atoms with van der Waals surface area (Å²) in [7, 11) is 2.96. The van der Waals surface area contributed by atoms with Crippen molar-refractivity contribution in [3.63, 3.8) is 0 Å². The number of fused-ring (bicyclic) bond motifs is 1. The highest BCUT2D eigenvalue weighted by atomic mass is 16.5. The third kappa shape index (κ3) is 3.96. The predicted molar refractivity (Wildman–Crippen MR) is 119 cm³/mol. The van der Waals surface area contributed by atoms with Gasteiger partial charge in [-0.05, 0) is 38.0 Å². The number of nitrogen functional groups attached to an aromatic ring is 1. The monoisotopic (exact) mass is 420 g/mol. The molecule has 0 radical (unpaired) electrons. The third-order valence-electron chi connectivity index (χ3n) is 4.99. The van der Waals surface area contributed by atoms with Gasteiger partial charge in [-0.1, -0.05) is 24.1 Å². The molecular weight excluding hydrogens is 396 g/mol. The lowest BCUT2D eigenvalue weighted by molar-refractivity contribution is 0.0962. The number of ether oxygens (including phenoxy) is 1. The number of aromatic nitrogens is 2. The Labute approximate surface area is 179 Å². The van der Waals surface area contributed by atoms with E-state index in [0.29, 0.717) is 29.2 Å². The molecule has 1 aromatic carbocycles. The number of aryl methyl sites for hydroxylation is 1. The number of rotatable bonds is 4. The standard InChI is InChI=1S/C23H24N4O4/c1-5-27-20(24)18(22(29)25-3)19(28)15-11-10-14(26-21(15)27)12-13-23(2,30)16-8-6-7-9-17(16)31-4/h6-11,30H,5,24H2,1-4H3,(H,25,29). The Morgan fingerprint density at radius 2 is 2.03 bits per heavy atom. The van der Waals surface area contributed by atoms with Crippen LogP contribution in [0.1, 0.15) is 35.5 Å². The summed E-state index contributed by atoms with van der Waals surface area (Å²) in [5, 5.41) is 13.6. The molecule has 0 spiro atoms. The number of carbonyl (C=O) groups is 1. The van der Waals surface area contributed by atoms with Gasteiger partial charge in [0, 0.05) is 19.2 Å². The van der Waals surface area contributed by atoms with Crippen molar-refractivity contribution < 1.29 is 14.6 Å². The van der Waals surface area contributed by atoms with Crippen LogP contribution in [-0.2, 0) is 12.1 Å². The van der Waals surface area contributed by atoms with Gasteiger partial charge in [0.1, 0.15) is 28.5 Å². The molecule has 0 saturated carbocycles. The summed E-state index contributed by atoms with van der Waals surface area (Å²) in [5.41, 5.74) is 5.20. The van der Waals surface area contributed by atoms with Gasteiger partial charge < -0.3 is 25.5 Å². The second kappa shape index (κ2) is 8.50. The van der Waals surface area contributed by atoms with Gasteiger partial charge in [0.05, 0.1) is 12.5 Å². The van der Waals surface area contributed by atoms with Crippen molar-refractivity contribution in [1.29, 1.82) is 0 Å². The van der Waals surface area contributed by atoms with Gasteiger partial charge in [0.2, 0.25) is 5.43 Å². The van der Waals surface area contributed by atoms with Crippen LogP contribution in [0, 0.1) is 11.8 Å². The summed E-state index contributed by atoms with van der Waals surface area (Å²) in [5.74, 6) is 5.68. The molecule has 3 aromatic rings. The molecule has 0 saturated heterocycles. The van der Waals surface area contributed by atoms with Crippen LogP contribution < -0.4 is 21.2 Å². The van der Waals surface area contributed by atoms with E-state index >= 15 is 0 Å². The number of hydrogen-bond acceptors (Lipinski definition) is 6. The summed E-state index contributed by atoms with van der Waals surface area (Å²) in [6.07, 6.45) is 0. The maximum atomic E-state index is 12.8. The van der Waals surface area contributed by atoms with Crippen molar-refractivity contribution in [3.05, 3.63) is 63.4 Å². The molecule has 1 atom stereocenters. The van der Waals surface area contributed by atoms with Crippen molar-refractivity contribution in [2.45, 2.75) is 26.0 Å². The minimum atomic E-state index is -1.49. The van der Waals surface area contributed by atoms with E-state index in [1.54, 1.807) is 47.9 Å². The van der Waals surface area contributed by atoms with Crippen molar-refractivity contribution in [2.24, 2.45) is 0 Å². The van der Waals surface area contributed by atoms with E-state index in [9.17, 15) is 14.7 Å². The van der Waals surface area contributed by atoms with Crippen LogP contribution in [0.15, 0.2) is 41.2 Å². The van der Waals surface area contributed by atoms with Crippen LogP contribution in [0.5, 0.6) is 5.75 Å². The fraction of sp³-hybridized carbons (Fsp3) is 0.261. The molecule has 1 amide bonds. The van der Waals surface area contributed by atoms with Crippen molar-refractivity contribution in [2.75, 3.05) is 19.9 Å². The molecule has 0 bridgehead atoms. The molecule has 1 unspecified atom stereocenters. The zero-order valence-corrected chi connectivity index (χ0v) is 17.8. The number of carbonyl (C=O) groups excluding carboxylic acids is 1. The van der Waals surface area contributed by atoms with E-state index in [-0.39, 0.29) is 16.8 Å². The van der Waals surface area contributed by atoms with Crippen LogP contribution in [0.4, 0.5) is 5.82 Å².